The topological polar surface area (TPSA) is 58.6 Å². The van der Waals surface area contributed by atoms with Crippen molar-refractivity contribution in [2.45, 2.75) is 25.0 Å². The molecule has 4 nitrogen and oxygen atoms in total. The van der Waals surface area contributed by atoms with E-state index < -0.39 is 6.10 Å². The summed E-state index contributed by atoms with van der Waals surface area (Å²) in [5.41, 5.74) is 1.67. The molecule has 0 aliphatic carbocycles. The Morgan fingerprint density at radius 2 is 1.50 bits per heavy atom. The monoisotopic (exact) mass is 325 g/mol. The van der Waals surface area contributed by atoms with Crippen LogP contribution in [0.3, 0.4) is 0 Å². The van der Waals surface area contributed by atoms with Crippen LogP contribution in [0.5, 0.6) is 0 Å². The third kappa shape index (κ3) is 4.02. The Bertz CT molecular complexity index is 638. The zero-order chi connectivity index (χ0) is 16.8. The van der Waals surface area contributed by atoms with Gasteiger partial charge in [0.15, 0.2) is 6.10 Å². The second kappa shape index (κ2) is 8.08. The second-order valence-corrected chi connectivity index (χ2v) is 6.16. The van der Waals surface area contributed by atoms with Crippen molar-refractivity contribution in [3.8, 4) is 0 Å². The third-order valence-corrected chi connectivity index (χ3v) is 4.56. The summed E-state index contributed by atoms with van der Waals surface area (Å²) in [5, 5.41) is 13.4. The molecule has 1 aliphatic rings. The van der Waals surface area contributed by atoms with E-state index in [1.54, 1.807) is 12.1 Å². The Morgan fingerprint density at radius 1 is 0.958 bits per heavy atom. The largest absolute Gasteiger partial charge is 0.381 e. The van der Waals surface area contributed by atoms with Crippen molar-refractivity contribution in [3.05, 3.63) is 71.8 Å². The van der Waals surface area contributed by atoms with Gasteiger partial charge in [-0.15, -0.1) is 0 Å². The molecular weight excluding hydrogens is 302 g/mol. The quantitative estimate of drug-likeness (QED) is 0.888. The van der Waals surface area contributed by atoms with E-state index in [0.29, 0.717) is 24.7 Å². The average molecular weight is 325 g/mol. The number of benzene rings is 2. The highest BCUT2D eigenvalue weighted by molar-refractivity contribution is 5.82. The van der Waals surface area contributed by atoms with E-state index in [1.165, 1.54) is 0 Å². The Hall–Kier alpha value is -2.17. The van der Waals surface area contributed by atoms with Gasteiger partial charge in [0, 0.05) is 13.2 Å². The molecule has 0 aromatic heterocycles. The molecule has 2 unspecified atom stereocenters. The van der Waals surface area contributed by atoms with E-state index in [9.17, 15) is 9.90 Å². The molecule has 1 saturated heterocycles. The first-order valence-corrected chi connectivity index (χ1v) is 8.42. The molecule has 2 aromatic carbocycles. The van der Waals surface area contributed by atoms with Crippen LogP contribution in [-0.4, -0.2) is 24.2 Å². The maximum absolute atomic E-state index is 12.6. The lowest BCUT2D eigenvalue weighted by atomic mass is 9.87. The van der Waals surface area contributed by atoms with E-state index in [4.69, 9.17) is 4.74 Å². The van der Waals surface area contributed by atoms with E-state index in [1.807, 2.05) is 48.5 Å². The molecule has 0 bridgehead atoms. The minimum absolute atomic E-state index is 0.110. The average Bonchev–Trinajstić information content (AvgIpc) is 2.67. The Labute approximate surface area is 142 Å². The number of aliphatic hydroxyl groups is 1. The zero-order valence-corrected chi connectivity index (χ0v) is 13.6. The fraction of sp³-hybridized carbons (Fsp3) is 0.350. The Morgan fingerprint density at radius 3 is 2.08 bits per heavy atom. The number of amides is 1. The highest BCUT2D eigenvalue weighted by atomic mass is 16.5. The smallest absolute Gasteiger partial charge is 0.253 e. The van der Waals surface area contributed by atoms with Crippen molar-refractivity contribution >= 4 is 5.91 Å². The van der Waals surface area contributed by atoms with Crippen LogP contribution >= 0.6 is 0 Å². The summed E-state index contributed by atoms with van der Waals surface area (Å²) in [6.45, 7) is 1.43. The lowest BCUT2D eigenvalue weighted by Crippen LogP contribution is -2.38. The Balaban J connectivity index is 1.77. The van der Waals surface area contributed by atoms with Crippen LogP contribution < -0.4 is 5.32 Å². The standard InChI is InChI=1S/C20H23NO3/c22-19(17-9-5-2-6-10-17)20(23)21-18(15-7-3-1-4-8-15)16-11-13-24-14-12-16/h1-10,16,18-19,22H,11-14H2,(H,21,23). The molecular formula is C20H23NO3. The number of rotatable bonds is 5. The number of hydrogen-bond donors (Lipinski definition) is 2. The lowest BCUT2D eigenvalue weighted by molar-refractivity contribution is -0.131. The summed E-state index contributed by atoms with van der Waals surface area (Å²) in [5.74, 6) is -0.0466. The molecule has 1 aliphatic heterocycles. The van der Waals surface area contributed by atoms with Crippen LogP contribution in [0.25, 0.3) is 0 Å². The minimum Gasteiger partial charge on any atom is -0.381 e. The first-order valence-electron chi connectivity index (χ1n) is 8.42. The fourth-order valence-electron chi connectivity index (χ4n) is 3.20. The molecule has 2 atom stereocenters. The maximum atomic E-state index is 12.6. The molecule has 0 spiro atoms. The third-order valence-electron chi connectivity index (χ3n) is 4.56. The summed E-state index contributed by atoms with van der Waals surface area (Å²) in [4.78, 5) is 12.6. The van der Waals surface area contributed by atoms with Crippen molar-refractivity contribution in [1.29, 1.82) is 0 Å². The Kier molecular flexibility index (Phi) is 5.62. The van der Waals surface area contributed by atoms with Crippen LogP contribution in [0, 0.1) is 5.92 Å². The molecule has 3 rings (SSSR count). The maximum Gasteiger partial charge on any atom is 0.253 e. The van der Waals surface area contributed by atoms with Gasteiger partial charge < -0.3 is 15.2 Å². The lowest BCUT2D eigenvalue weighted by Gasteiger charge is -2.32. The molecule has 4 heteroatoms. The first-order chi connectivity index (χ1) is 11.8. The van der Waals surface area contributed by atoms with Gasteiger partial charge in [-0.1, -0.05) is 60.7 Å². The fourth-order valence-corrected chi connectivity index (χ4v) is 3.20. The number of carbonyl (C=O) groups is 1. The number of carbonyl (C=O) groups excluding carboxylic acids is 1. The van der Waals surface area contributed by atoms with Gasteiger partial charge in [-0.05, 0) is 29.9 Å². The summed E-state index contributed by atoms with van der Waals surface area (Å²) in [6.07, 6.45) is 0.653. The van der Waals surface area contributed by atoms with Gasteiger partial charge in [-0.25, -0.2) is 0 Å². The van der Waals surface area contributed by atoms with Crippen LogP contribution in [0.1, 0.15) is 36.1 Å². The van der Waals surface area contributed by atoms with Gasteiger partial charge in [0.05, 0.1) is 6.04 Å². The van der Waals surface area contributed by atoms with Crippen LogP contribution in [-0.2, 0) is 9.53 Å². The summed E-state index contributed by atoms with van der Waals surface area (Å²) in [7, 11) is 0. The van der Waals surface area contributed by atoms with Gasteiger partial charge in [-0.3, -0.25) is 4.79 Å². The van der Waals surface area contributed by atoms with Gasteiger partial charge >= 0.3 is 0 Å². The second-order valence-electron chi connectivity index (χ2n) is 6.16. The van der Waals surface area contributed by atoms with Crippen LogP contribution in [0.2, 0.25) is 0 Å². The number of ether oxygens (including phenoxy) is 1. The molecule has 0 saturated carbocycles. The van der Waals surface area contributed by atoms with E-state index in [2.05, 4.69) is 5.32 Å². The van der Waals surface area contributed by atoms with Gasteiger partial charge in [0.25, 0.3) is 5.91 Å². The SMILES string of the molecule is O=C(NC(c1ccccc1)C1CCOCC1)C(O)c1ccccc1. The number of nitrogens with one attached hydrogen (secondary N) is 1. The van der Waals surface area contributed by atoms with E-state index >= 15 is 0 Å². The van der Waals surface area contributed by atoms with E-state index in [0.717, 1.165) is 18.4 Å². The highest BCUT2D eigenvalue weighted by Crippen LogP contribution is 2.30. The molecule has 1 fully saturated rings. The minimum atomic E-state index is -1.16. The molecule has 24 heavy (non-hydrogen) atoms. The molecule has 2 N–H and O–H groups in total. The molecule has 1 amide bonds. The van der Waals surface area contributed by atoms with E-state index in [-0.39, 0.29) is 11.9 Å². The molecule has 0 radical (unpaired) electrons. The molecule has 1 heterocycles. The summed E-state index contributed by atoms with van der Waals surface area (Å²) < 4.78 is 5.45. The van der Waals surface area contributed by atoms with Crippen molar-refractivity contribution in [2.75, 3.05) is 13.2 Å². The van der Waals surface area contributed by atoms with Crippen molar-refractivity contribution in [3.63, 3.8) is 0 Å². The summed E-state index contributed by atoms with van der Waals surface area (Å²) in [6, 6.07) is 18.9. The predicted octanol–water partition coefficient (Wildman–Crippen LogP) is 3.00. The summed E-state index contributed by atoms with van der Waals surface area (Å²) >= 11 is 0. The van der Waals surface area contributed by atoms with Crippen LogP contribution in [0.4, 0.5) is 0 Å². The van der Waals surface area contributed by atoms with Gasteiger partial charge in [-0.2, -0.15) is 0 Å². The first kappa shape index (κ1) is 16.7. The van der Waals surface area contributed by atoms with Crippen molar-refractivity contribution in [1.82, 2.24) is 5.32 Å². The predicted molar refractivity (Wildman–Crippen MR) is 92.3 cm³/mol. The number of aliphatic hydroxyl groups excluding tert-OH is 1. The number of hydrogen-bond acceptors (Lipinski definition) is 3. The molecule has 126 valence electrons. The highest BCUT2D eigenvalue weighted by Gasteiger charge is 2.29. The van der Waals surface area contributed by atoms with Crippen molar-refractivity contribution < 1.29 is 14.6 Å². The van der Waals surface area contributed by atoms with Crippen LogP contribution in [0.15, 0.2) is 60.7 Å². The van der Waals surface area contributed by atoms with Gasteiger partial charge in [0.2, 0.25) is 0 Å². The zero-order valence-electron chi connectivity index (χ0n) is 13.6. The normalized spacial score (nSPS) is 17.9. The molecule has 2 aromatic rings. The van der Waals surface area contributed by atoms with Crippen molar-refractivity contribution in [2.24, 2.45) is 5.92 Å². The van der Waals surface area contributed by atoms with Gasteiger partial charge in [0.1, 0.15) is 0 Å².